The smallest absolute Gasteiger partial charge is 0.129 e. The maximum atomic E-state index is 3.50. The van der Waals surface area contributed by atoms with E-state index < -0.39 is 0 Å². The summed E-state index contributed by atoms with van der Waals surface area (Å²) in [5.74, 6) is 0. The van der Waals surface area contributed by atoms with Gasteiger partial charge in [0, 0.05) is 0 Å². The molecule has 60 valence electrons. The molecular formula is C9H13BrN+. The molecule has 0 aromatic heterocycles. The highest BCUT2D eigenvalue weighted by Gasteiger charge is 1.98. The van der Waals surface area contributed by atoms with Crippen molar-refractivity contribution in [1.82, 2.24) is 0 Å². The molecule has 2 heteroatoms. The molecule has 11 heavy (non-hydrogen) atoms. The summed E-state index contributed by atoms with van der Waals surface area (Å²) in [6.45, 7) is 3.24. The van der Waals surface area contributed by atoms with Crippen LogP contribution in [0.2, 0.25) is 0 Å². The van der Waals surface area contributed by atoms with E-state index in [0.717, 1.165) is 6.54 Å². The minimum absolute atomic E-state index is 0.572. The number of quaternary nitrogens is 1. The van der Waals surface area contributed by atoms with Gasteiger partial charge in [0.25, 0.3) is 0 Å². The zero-order valence-electron chi connectivity index (χ0n) is 6.63. The van der Waals surface area contributed by atoms with Crippen molar-refractivity contribution in [3.63, 3.8) is 0 Å². The summed E-state index contributed by atoms with van der Waals surface area (Å²) >= 11 is 3.50. The van der Waals surface area contributed by atoms with Crippen molar-refractivity contribution in [2.45, 2.75) is 11.8 Å². The van der Waals surface area contributed by atoms with Crippen molar-refractivity contribution < 1.29 is 5.32 Å². The second kappa shape index (κ2) is 4.52. The van der Waals surface area contributed by atoms with Gasteiger partial charge in [-0.2, -0.15) is 0 Å². The van der Waals surface area contributed by atoms with E-state index in [1.165, 1.54) is 5.69 Å². The van der Waals surface area contributed by atoms with Crippen LogP contribution in [0.1, 0.15) is 6.92 Å². The number of para-hydroxylation sites is 1. The number of hydrogen-bond acceptors (Lipinski definition) is 0. The lowest BCUT2D eigenvalue weighted by molar-refractivity contribution is -0.569. The number of hydrogen-bond donors (Lipinski definition) is 1. The fourth-order valence-corrected chi connectivity index (χ4v) is 1.07. The zero-order valence-corrected chi connectivity index (χ0v) is 8.21. The average molecular weight is 215 g/mol. The Hall–Kier alpha value is -0.340. The molecule has 0 amide bonds. The van der Waals surface area contributed by atoms with Crippen LogP contribution in [0.3, 0.4) is 0 Å². The number of benzene rings is 1. The van der Waals surface area contributed by atoms with Crippen LogP contribution in [0.4, 0.5) is 5.69 Å². The highest BCUT2D eigenvalue weighted by Crippen LogP contribution is 1.97. The van der Waals surface area contributed by atoms with Gasteiger partial charge in [-0.05, 0) is 19.1 Å². The van der Waals surface area contributed by atoms with Gasteiger partial charge in [0.2, 0.25) is 0 Å². The molecule has 1 aromatic rings. The second-order valence-electron chi connectivity index (χ2n) is 2.63. The third kappa shape index (κ3) is 3.54. The normalized spacial score (nSPS) is 12.9. The Bertz CT molecular complexity index is 196. The van der Waals surface area contributed by atoms with Crippen molar-refractivity contribution in [3.05, 3.63) is 30.3 Å². The van der Waals surface area contributed by atoms with Crippen molar-refractivity contribution in [3.8, 4) is 0 Å². The molecule has 0 aliphatic heterocycles. The van der Waals surface area contributed by atoms with Gasteiger partial charge in [-0.1, -0.05) is 34.1 Å². The first-order chi connectivity index (χ1) is 5.29. The Balaban J connectivity index is 2.39. The number of nitrogens with two attached hydrogens (primary N) is 1. The highest BCUT2D eigenvalue weighted by molar-refractivity contribution is 9.09. The lowest BCUT2D eigenvalue weighted by atomic mass is 10.3. The van der Waals surface area contributed by atoms with Crippen molar-refractivity contribution in [1.29, 1.82) is 0 Å². The van der Waals surface area contributed by atoms with Gasteiger partial charge in [0.05, 0.1) is 11.4 Å². The molecule has 1 nitrogen and oxygen atoms in total. The van der Waals surface area contributed by atoms with Crippen molar-refractivity contribution in [2.24, 2.45) is 0 Å². The van der Waals surface area contributed by atoms with Gasteiger partial charge in [-0.25, -0.2) is 0 Å². The molecule has 0 aliphatic rings. The topological polar surface area (TPSA) is 16.6 Å². The Morgan fingerprint density at radius 3 is 2.55 bits per heavy atom. The van der Waals surface area contributed by atoms with Crippen LogP contribution >= 0.6 is 15.9 Å². The van der Waals surface area contributed by atoms with E-state index in [0.29, 0.717) is 4.83 Å². The van der Waals surface area contributed by atoms with E-state index in [4.69, 9.17) is 0 Å². The summed E-state index contributed by atoms with van der Waals surface area (Å²) in [6.07, 6.45) is 0. The summed E-state index contributed by atoms with van der Waals surface area (Å²) < 4.78 is 0. The number of halogens is 1. The largest absolute Gasteiger partial charge is 0.313 e. The maximum absolute atomic E-state index is 3.50. The van der Waals surface area contributed by atoms with Gasteiger partial charge in [-0.15, -0.1) is 0 Å². The Kier molecular flexibility index (Phi) is 3.60. The molecule has 1 rings (SSSR count). The molecule has 0 saturated heterocycles. The molecule has 0 spiro atoms. The van der Waals surface area contributed by atoms with Crippen LogP contribution in [-0.4, -0.2) is 11.4 Å². The third-order valence-corrected chi connectivity index (χ3v) is 1.85. The van der Waals surface area contributed by atoms with E-state index in [1.807, 2.05) is 6.07 Å². The first-order valence-corrected chi connectivity index (χ1v) is 4.73. The van der Waals surface area contributed by atoms with Crippen LogP contribution < -0.4 is 5.32 Å². The first kappa shape index (κ1) is 8.75. The molecule has 0 heterocycles. The molecule has 0 fully saturated rings. The molecule has 0 radical (unpaired) electrons. The van der Waals surface area contributed by atoms with Crippen LogP contribution in [0, 0.1) is 0 Å². The van der Waals surface area contributed by atoms with Crippen molar-refractivity contribution >= 4 is 21.6 Å². The van der Waals surface area contributed by atoms with Crippen LogP contribution in [-0.2, 0) is 0 Å². The predicted molar refractivity (Wildman–Crippen MR) is 51.3 cm³/mol. The number of alkyl halides is 1. The molecule has 1 unspecified atom stereocenters. The molecular weight excluding hydrogens is 202 g/mol. The molecule has 0 aliphatic carbocycles. The van der Waals surface area contributed by atoms with E-state index in [-0.39, 0.29) is 0 Å². The van der Waals surface area contributed by atoms with Crippen LogP contribution in [0.15, 0.2) is 30.3 Å². The lowest BCUT2D eigenvalue weighted by Gasteiger charge is -2.00. The fourth-order valence-electron chi connectivity index (χ4n) is 0.888. The van der Waals surface area contributed by atoms with Crippen LogP contribution in [0.25, 0.3) is 0 Å². The van der Waals surface area contributed by atoms with Gasteiger partial charge >= 0.3 is 0 Å². The minimum Gasteiger partial charge on any atom is -0.313 e. The Morgan fingerprint density at radius 1 is 1.36 bits per heavy atom. The fraction of sp³-hybridized carbons (Fsp3) is 0.333. The SMILES string of the molecule is CC(Br)C[NH2+]c1ccccc1. The summed E-state index contributed by atoms with van der Waals surface area (Å²) in [4.78, 5) is 0.572. The average Bonchev–Trinajstić information content (AvgIpc) is 2.03. The minimum atomic E-state index is 0.572. The maximum Gasteiger partial charge on any atom is 0.129 e. The quantitative estimate of drug-likeness (QED) is 0.583. The Labute approximate surface area is 75.9 Å². The van der Waals surface area contributed by atoms with Gasteiger partial charge in [0.1, 0.15) is 5.69 Å². The molecule has 0 saturated carbocycles. The first-order valence-electron chi connectivity index (χ1n) is 3.81. The number of rotatable bonds is 3. The summed E-state index contributed by atoms with van der Waals surface area (Å²) in [5, 5.41) is 2.24. The Morgan fingerprint density at radius 2 is 2.00 bits per heavy atom. The van der Waals surface area contributed by atoms with Gasteiger partial charge in [0.15, 0.2) is 0 Å². The van der Waals surface area contributed by atoms with Crippen LogP contribution in [0.5, 0.6) is 0 Å². The highest BCUT2D eigenvalue weighted by atomic mass is 79.9. The molecule has 1 atom stereocenters. The second-order valence-corrected chi connectivity index (χ2v) is 4.19. The summed E-state index contributed by atoms with van der Waals surface area (Å²) in [5.41, 5.74) is 1.30. The van der Waals surface area contributed by atoms with Gasteiger partial charge < -0.3 is 5.32 Å². The lowest BCUT2D eigenvalue weighted by Crippen LogP contribution is -2.79. The van der Waals surface area contributed by atoms with E-state index in [1.54, 1.807) is 0 Å². The molecule has 1 aromatic carbocycles. The summed E-state index contributed by atoms with van der Waals surface area (Å²) in [6, 6.07) is 10.4. The summed E-state index contributed by atoms with van der Waals surface area (Å²) in [7, 11) is 0. The molecule has 0 bridgehead atoms. The van der Waals surface area contributed by atoms with E-state index >= 15 is 0 Å². The van der Waals surface area contributed by atoms with Crippen molar-refractivity contribution in [2.75, 3.05) is 6.54 Å². The third-order valence-electron chi connectivity index (χ3n) is 1.48. The van der Waals surface area contributed by atoms with E-state index in [9.17, 15) is 0 Å². The zero-order chi connectivity index (χ0) is 8.10. The monoisotopic (exact) mass is 214 g/mol. The predicted octanol–water partition coefficient (Wildman–Crippen LogP) is 1.66. The standard InChI is InChI=1S/C9H12BrN/c1-8(10)7-11-9-5-3-2-4-6-9/h2-6,8,11H,7H2,1H3/p+1. The van der Waals surface area contributed by atoms with E-state index in [2.05, 4.69) is 52.4 Å². The molecule has 2 N–H and O–H groups in total. The van der Waals surface area contributed by atoms with Gasteiger partial charge in [-0.3, -0.25) is 0 Å².